The molecule has 1 aliphatic rings. The van der Waals surface area contributed by atoms with Crippen LogP contribution < -0.4 is 9.44 Å². The van der Waals surface area contributed by atoms with E-state index in [2.05, 4.69) is 9.44 Å². The topological polar surface area (TPSA) is 113 Å². The van der Waals surface area contributed by atoms with Crippen LogP contribution in [0.4, 0.5) is 11.4 Å². The van der Waals surface area contributed by atoms with E-state index in [0.29, 0.717) is 28.6 Å². The Hall–Kier alpha value is -2.44. The molecule has 0 unspecified atom stereocenters. The summed E-state index contributed by atoms with van der Waals surface area (Å²) in [6, 6.07) is 14.0. The Morgan fingerprint density at radius 3 is 2.08 bits per heavy atom. The maximum absolute atomic E-state index is 13.1. The van der Waals surface area contributed by atoms with Crippen molar-refractivity contribution in [1.82, 2.24) is 4.90 Å². The lowest BCUT2D eigenvalue weighted by Crippen LogP contribution is -2.28. The van der Waals surface area contributed by atoms with Crippen LogP contribution in [0.1, 0.15) is 23.2 Å². The van der Waals surface area contributed by atoms with E-state index in [0.717, 1.165) is 12.8 Å². The van der Waals surface area contributed by atoms with Crippen molar-refractivity contribution in [2.75, 3.05) is 28.8 Å². The fourth-order valence-corrected chi connectivity index (χ4v) is 7.05. The van der Waals surface area contributed by atoms with Crippen molar-refractivity contribution >= 4 is 72.3 Å². The van der Waals surface area contributed by atoms with Crippen LogP contribution in [-0.4, -0.2) is 47.0 Å². The Morgan fingerprint density at radius 2 is 1.46 bits per heavy atom. The summed E-state index contributed by atoms with van der Waals surface area (Å²) in [6.45, 7) is 1.30. The molecule has 2 N–H and O–H groups in total. The number of likely N-dealkylation sites (tertiary alicyclic amines) is 1. The van der Waals surface area contributed by atoms with Crippen molar-refractivity contribution in [2.45, 2.75) is 27.5 Å². The average molecular weight is 601 g/mol. The molecule has 196 valence electrons. The first kappa shape index (κ1) is 27.6. The number of benzene rings is 3. The SMILES string of the molecule is CSc1ccc(S(=O)(=O)Nc2ccc(S(=O)(=O)Nc3ccc(Cl)cc3Cl)cc2)cc1C(=O)N1CCCC1. The van der Waals surface area contributed by atoms with Crippen LogP contribution in [0.3, 0.4) is 0 Å². The summed E-state index contributed by atoms with van der Waals surface area (Å²) >= 11 is 13.3. The quantitative estimate of drug-likeness (QED) is 0.328. The third-order valence-corrected chi connectivity index (χ3v) is 9.80. The van der Waals surface area contributed by atoms with Crippen LogP contribution in [-0.2, 0) is 20.0 Å². The number of hydrogen-bond acceptors (Lipinski definition) is 6. The van der Waals surface area contributed by atoms with Crippen molar-refractivity contribution in [3.05, 3.63) is 76.3 Å². The minimum Gasteiger partial charge on any atom is -0.339 e. The fraction of sp³-hybridized carbons (Fsp3) is 0.208. The number of rotatable bonds is 8. The molecule has 0 atom stereocenters. The lowest BCUT2D eigenvalue weighted by molar-refractivity contribution is 0.0789. The fourth-order valence-electron chi connectivity index (χ4n) is 3.80. The summed E-state index contributed by atoms with van der Waals surface area (Å²) < 4.78 is 56.5. The number of hydrogen-bond donors (Lipinski definition) is 2. The number of carbonyl (C=O) groups is 1. The van der Waals surface area contributed by atoms with Gasteiger partial charge in [0.15, 0.2) is 0 Å². The molecule has 0 radical (unpaired) electrons. The molecule has 0 aromatic heterocycles. The molecule has 37 heavy (non-hydrogen) atoms. The molecule has 1 fully saturated rings. The summed E-state index contributed by atoms with van der Waals surface area (Å²) in [5.74, 6) is -0.193. The van der Waals surface area contributed by atoms with E-state index in [4.69, 9.17) is 23.2 Å². The first-order valence-electron chi connectivity index (χ1n) is 11.1. The Balaban J connectivity index is 1.54. The van der Waals surface area contributed by atoms with Crippen LogP contribution in [0.15, 0.2) is 75.4 Å². The maximum atomic E-state index is 13.1. The molecule has 8 nitrogen and oxygen atoms in total. The van der Waals surface area contributed by atoms with Crippen LogP contribution in [0.25, 0.3) is 0 Å². The summed E-state index contributed by atoms with van der Waals surface area (Å²) in [6.07, 6.45) is 3.68. The predicted molar refractivity (Wildman–Crippen MR) is 148 cm³/mol. The van der Waals surface area contributed by atoms with E-state index < -0.39 is 20.0 Å². The monoisotopic (exact) mass is 599 g/mol. The third kappa shape index (κ3) is 6.35. The van der Waals surface area contributed by atoms with E-state index in [1.165, 1.54) is 66.4 Å². The largest absolute Gasteiger partial charge is 0.339 e. The van der Waals surface area contributed by atoms with Gasteiger partial charge in [-0.3, -0.25) is 14.2 Å². The molecule has 1 aliphatic heterocycles. The zero-order valence-corrected chi connectivity index (χ0v) is 23.5. The highest BCUT2D eigenvalue weighted by Gasteiger charge is 2.25. The third-order valence-electron chi connectivity index (χ3n) is 5.70. The number of nitrogens with one attached hydrogen (secondary N) is 2. The molecular formula is C24H23Cl2N3O5S3. The molecule has 0 saturated carbocycles. The first-order chi connectivity index (χ1) is 17.5. The molecule has 1 amide bonds. The Morgan fingerprint density at radius 1 is 0.838 bits per heavy atom. The van der Waals surface area contributed by atoms with Gasteiger partial charge in [-0.1, -0.05) is 23.2 Å². The number of sulfonamides is 2. The standard InChI is InChI=1S/C24H23Cl2N3O5S3/c1-35-23-11-9-19(15-20(23)24(30)29-12-2-3-13-29)37(33,34)27-17-5-7-18(8-6-17)36(31,32)28-22-10-4-16(25)14-21(22)26/h4-11,14-15,27-28H,2-3,12-13H2,1H3. The van der Waals surface area contributed by atoms with E-state index in [-0.39, 0.29) is 32.1 Å². The number of nitrogens with zero attached hydrogens (tertiary/aromatic N) is 1. The van der Waals surface area contributed by atoms with Crippen LogP contribution in [0, 0.1) is 0 Å². The van der Waals surface area contributed by atoms with Gasteiger partial charge in [-0.25, -0.2) is 16.8 Å². The van der Waals surface area contributed by atoms with Crippen LogP contribution >= 0.6 is 35.0 Å². The van der Waals surface area contributed by atoms with E-state index in [9.17, 15) is 21.6 Å². The minimum absolute atomic E-state index is 0.0661. The van der Waals surface area contributed by atoms with Crippen LogP contribution in [0.5, 0.6) is 0 Å². The van der Waals surface area contributed by atoms with Crippen molar-refractivity contribution in [3.63, 3.8) is 0 Å². The number of amides is 1. The van der Waals surface area contributed by atoms with E-state index >= 15 is 0 Å². The van der Waals surface area contributed by atoms with Gasteiger partial charge in [0.2, 0.25) is 0 Å². The van der Waals surface area contributed by atoms with Crippen LogP contribution in [0.2, 0.25) is 10.0 Å². The second-order valence-electron chi connectivity index (χ2n) is 8.22. The second kappa shape index (κ2) is 11.1. The van der Waals surface area contributed by atoms with Gasteiger partial charge in [0.1, 0.15) is 0 Å². The second-order valence-corrected chi connectivity index (χ2v) is 13.3. The molecule has 4 rings (SSSR count). The smallest absolute Gasteiger partial charge is 0.261 e. The minimum atomic E-state index is -4.05. The molecule has 0 bridgehead atoms. The van der Waals surface area contributed by atoms with E-state index in [1.54, 1.807) is 11.0 Å². The van der Waals surface area contributed by atoms with Crippen molar-refractivity contribution in [1.29, 1.82) is 0 Å². The highest BCUT2D eigenvalue weighted by atomic mass is 35.5. The van der Waals surface area contributed by atoms with Gasteiger partial charge in [0, 0.05) is 28.7 Å². The Bertz CT molecular complexity index is 1540. The van der Waals surface area contributed by atoms with Crippen molar-refractivity contribution in [3.8, 4) is 0 Å². The highest BCUT2D eigenvalue weighted by Crippen LogP contribution is 2.29. The molecule has 0 spiro atoms. The van der Waals surface area contributed by atoms with Gasteiger partial charge in [-0.2, -0.15) is 0 Å². The van der Waals surface area contributed by atoms with Gasteiger partial charge in [0.25, 0.3) is 26.0 Å². The number of carbonyl (C=O) groups excluding carboxylic acids is 1. The molecule has 3 aromatic carbocycles. The summed E-state index contributed by atoms with van der Waals surface area (Å²) in [4.78, 5) is 15.2. The van der Waals surface area contributed by atoms with Crippen molar-refractivity contribution < 1.29 is 21.6 Å². The van der Waals surface area contributed by atoms with Gasteiger partial charge in [0.05, 0.1) is 26.1 Å². The maximum Gasteiger partial charge on any atom is 0.261 e. The lowest BCUT2D eigenvalue weighted by Gasteiger charge is -2.18. The normalized spacial score (nSPS) is 14.0. The molecule has 1 heterocycles. The lowest BCUT2D eigenvalue weighted by atomic mass is 10.2. The molecule has 0 aliphatic carbocycles. The Labute approximate surface area is 230 Å². The summed E-state index contributed by atoms with van der Waals surface area (Å²) in [5.41, 5.74) is 0.652. The van der Waals surface area contributed by atoms with Gasteiger partial charge < -0.3 is 4.90 Å². The summed E-state index contributed by atoms with van der Waals surface area (Å²) in [7, 11) is -8.04. The molecule has 3 aromatic rings. The average Bonchev–Trinajstić information content (AvgIpc) is 3.40. The zero-order valence-electron chi connectivity index (χ0n) is 19.6. The number of thioether (sulfide) groups is 1. The zero-order chi connectivity index (χ0) is 26.8. The van der Waals surface area contributed by atoms with Gasteiger partial charge in [-0.05, 0) is 79.8 Å². The highest BCUT2D eigenvalue weighted by molar-refractivity contribution is 7.98. The van der Waals surface area contributed by atoms with E-state index in [1.807, 2.05) is 6.26 Å². The molecule has 1 saturated heterocycles. The Kier molecular flexibility index (Phi) is 8.29. The van der Waals surface area contributed by atoms with Gasteiger partial charge >= 0.3 is 0 Å². The first-order valence-corrected chi connectivity index (χ1v) is 16.0. The number of anilines is 2. The van der Waals surface area contributed by atoms with Crippen molar-refractivity contribution in [2.24, 2.45) is 0 Å². The van der Waals surface area contributed by atoms with Gasteiger partial charge in [-0.15, -0.1) is 11.8 Å². The number of halogens is 2. The predicted octanol–water partition coefficient (Wildman–Crippen LogP) is 5.55. The summed E-state index contributed by atoms with van der Waals surface area (Å²) in [5, 5.41) is 0.496. The molecule has 13 heteroatoms. The molecular weight excluding hydrogens is 577 g/mol.